The van der Waals surface area contributed by atoms with Gasteiger partial charge in [-0.25, -0.2) is 17.2 Å². The third kappa shape index (κ3) is 3.37. The van der Waals surface area contributed by atoms with E-state index in [1.54, 1.807) is 4.90 Å². The quantitative estimate of drug-likeness (QED) is 0.844. The molecule has 0 aromatic heterocycles. The lowest BCUT2D eigenvalue weighted by molar-refractivity contribution is -0.130. The van der Waals surface area contributed by atoms with Crippen molar-refractivity contribution in [1.29, 1.82) is 0 Å². The first-order valence-corrected chi connectivity index (χ1v) is 8.80. The van der Waals surface area contributed by atoms with Crippen molar-refractivity contribution in [1.82, 2.24) is 4.90 Å². The fourth-order valence-electron chi connectivity index (χ4n) is 2.63. The van der Waals surface area contributed by atoms with E-state index in [1.165, 1.54) is 6.92 Å². The zero-order valence-corrected chi connectivity index (χ0v) is 13.2. The molecule has 1 aliphatic heterocycles. The molecule has 1 aromatic carbocycles. The number of rotatable bonds is 4. The molecule has 0 aliphatic carbocycles. The standard InChI is InChI=1S/C14H18F2N2O3S/c1-10(14(19)17-7-3-4-8-17)18(22(2,20)21)11-5-6-12(15)13(16)9-11/h5-6,9-10H,3-4,7-8H2,1-2H3/t10-/m0/s1. The van der Waals surface area contributed by atoms with Crippen molar-refractivity contribution in [3.05, 3.63) is 29.8 Å². The van der Waals surface area contributed by atoms with Crippen LogP contribution in [0.15, 0.2) is 18.2 Å². The van der Waals surface area contributed by atoms with Crippen molar-refractivity contribution < 1.29 is 22.0 Å². The minimum atomic E-state index is -3.82. The molecule has 5 nitrogen and oxygen atoms in total. The Labute approximate surface area is 128 Å². The number of anilines is 1. The molecule has 0 saturated carbocycles. The van der Waals surface area contributed by atoms with Crippen molar-refractivity contribution in [2.24, 2.45) is 0 Å². The van der Waals surface area contributed by atoms with Crippen molar-refractivity contribution in [2.45, 2.75) is 25.8 Å². The molecule has 1 saturated heterocycles. The third-order valence-electron chi connectivity index (χ3n) is 3.64. The molecule has 0 N–H and O–H groups in total. The summed E-state index contributed by atoms with van der Waals surface area (Å²) in [5, 5.41) is 0. The summed E-state index contributed by atoms with van der Waals surface area (Å²) in [5.41, 5.74) is -0.0681. The molecule has 0 unspecified atom stereocenters. The summed E-state index contributed by atoms with van der Waals surface area (Å²) in [6.07, 6.45) is 2.69. The van der Waals surface area contributed by atoms with Crippen molar-refractivity contribution >= 4 is 21.6 Å². The van der Waals surface area contributed by atoms with Gasteiger partial charge < -0.3 is 4.90 Å². The largest absolute Gasteiger partial charge is 0.341 e. The van der Waals surface area contributed by atoms with Crippen molar-refractivity contribution in [3.63, 3.8) is 0 Å². The topological polar surface area (TPSA) is 57.7 Å². The van der Waals surface area contributed by atoms with Crippen LogP contribution in [0, 0.1) is 11.6 Å². The van der Waals surface area contributed by atoms with E-state index >= 15 is 0 Å². The Balaban J connectivity index is 2.37. The van der Waals surface area contributed by atoms with E-state index in [2.05, 4.69) is 0 Å². The molecule has 0 spiro atoms. The van der Waals surface area contributed by atoms with Gasteiger partial charge in [0.25, 0.3) is 0 Å². The van der Waals surface area contributed by atoms with Crippen LogP contribution in [0.5, 0.6) is 0 Å². The van der Waals surface area contributed by atoms with Crippen LogP contribution < -0.4 is 4.31 Å². The molecule has 0 radical (unpaired) electrons. The van der Waals surface area contributed by atoms with Gasteiger partial charge >= 0.3 is 0 Å². The van der Waals surface area contributed by atoms with Crippen LogP contribution in [0.3, 0.4) is 0 Å². The number of halogens is 2. The Morgan fingerprint density at radius 2 is 1.82 bits per heavy atom. The highest BCUT2D eigenvalue weighted by molar-refractivity contribution is 7.92. The number of carbonyl (C=O) groups is 1. The molecule has 1 aromatic rings. The SMILES string of the molecule is C[C@@H](C(=O)N1CCCC1)N(c1ccc(F)c(F)c1)S(C)(=O)=O. The average molecular weight is 332 g/mol. The number of likely N-dealkylation sites (tertiary alicyclic amines) is 1. The highest BCUT2D eigenvalue weighted by Gasteiger charge is 2.33. The molecule has 22 heavy (non-hydrogen) atoms. The van der Waals surface area contributed by atoms with E-state index in [9.17, 15) is 22.0 Å². The van der Waals surface area contributed by atoms with Crippen LogP contribution in [0.25, 0.3) is 0 Å². The number of benzene rings is 1. The highest BCUT2D eigenvalue weighted by Crippen LogP contribution is 2.24. The van der Waals surface area contributed by atoms with Gasteiger partial charge in [-0.2, -0.15) is 0 Å². The maximum absolute atomic E-state index is 13.4. The van der Waals surface area contributed by atoms with Crippen LogP contribution in [0.1, 0.15) is 19.8 Å². The van der Waals surface area contributed by atoms with Crippen LogP contribution in [0.2, 0.25) is 0 Å². The summed E-state index contributed by atoms with van der Waals surface area (Å²) < 4.78 is 51.3. The number of sulfonamides is 1. The second-order valence-electron chi connectivity index (χ2n) is 5.37. The van der Waals surface area contributed by atoms with E-state index in [1.807, 2.05) is 0 Å². The van der Waals surface area contributed by atoms with Crippen LogP contribution in [0.4, 0.5) is 14.5 Å². The summed E-state index contributed by atoms with van der Waals surface area (Å²) in [4.78, 5) is 14.0. The van der Waals surface area contributed by atoms with E-state index < -0.39 is 27.7 Å². The highest BCUT2D eigenvalue weighted by atomic mass is 32.2. The molecular weight excluding hydrogens is 314 g/mol. The summed E-state index contributed by atoms with van der Waals surface area (Å²) in [5.74, 6) is -2.57. The van der Waals surface area contributed by atoms with Gasteiger partial charge in [0.15, 0.2) is 11.6 Å². The molecule has 1 atom stereocenters. The van der Waals surface area contributed by atoms with Crippen molar-refractivity contribution in [2.75, 3.05) is 23.7 Å². The first kappa shape index (κ1) is 16.7. The lowest BCUT2D eigenvalue weighted by Gasteiger charge is -2.31. The van der Waals surface area contributed by atoms with Crippen LogP contribution in [-0.4, -0.2) is 44.6 Å². The molecule has 122 valence electrons. The lowest BCUT2D eigenvalue weighted by Crippen LogP contribution is -2.48. The monoisotopic (exact) mass is 332 g/mol. The molecule has 1 amide bonds. The predicted octanol–water partition coefficient (Wildman–Crippen LogP) is 1.74. The maximum Gasteiger partial charge on any atom is 0.246 e. The second-order valence-corrected chi connectivity index (χ2v) is 7.23. The molecule has 0 bridgehead atoms. The fourth-order valence-corrected chi connectivity index (χ4v) is 3.79. The molecule has 2 rings (SSSR count). The molecular formula is C14H18F2N2O3S. The summed E-state index contributed by atoms with van der Waals surface area (Å²) >= 11 is 0. The van der Waals surface area contributed by atoms with E-state index in [-0.39, 0.29) is 11.6 Å². The van der Waals surface area contributed by atoms with Gasteiger partial charge in [0, 0.05) is 19.2 Å². The number of hydrogen-bond donors (Lipinski definition) is 0. The van der Waals surface area contributed by atoms with Crippen LogP contribution in [-0.2, 0) is 14.8 Å². The first-order valence-electron chi connectivity index (χ1n) is 6.95. The lowest BCUT2D eigenvalue weighted by atomic mass is 10.2. The Morgan fingerprint density at radius 3 is 2.32 bits per heavy atom. The van der Waals surface area contributed by atoms with E-state index in [0.717, 1.165) is 41.6 Å². The van der Waals surface area contributed by atoms with Gasteiger partial charge in [-0.15, -0.1) is 0 Å². The molecule has 1 heterocycles. The predicted molar refractivity (Wildman–Crippen MR) is 79.0 cm³/mol. The van der Waals surface area contributed by atoms with Crippen LogP contribution >= 0.6 is 0 Å². The number of hydrogen-bond acceptors (Lipinski definition) is 3. The number of carbonyl (C=O) groups excluding carboxylic acids is 1. The second kappa shape index (κ2) is 6.20. The Bertz CT molecular complexity index is 673. The minimum absolute atomic E-state index is 0.0681. The Hall–Kier alpha value is -1.70. The van der Waals surface area contributed by atoms with Gasteiger partial charge in [-0.05, 0) is 31.9 Å². The smallest absolute Gasteiger partial charge is 0.246 e. The molecule has 8 heteroatoms. The summed E-state index contributed by atoms with van der Waals surface area (Å²) in [7, 11) is -3.82. The third-order valence-corrected chi connectivity index (χ3v) is 4.88. The van der Waals surface area contributed by atoms with Gasteiger partial charge in [0.1, 0.15) is 6.04 Å². The number of nitrogens with zero attached hydrogens (tertiary/aromatic N) is 2. The first-order chi connectivity index (χ1) is 10.2. The summed E-state index contributed by atoms with van der Waals surface area (Å²) in [6.45, 7) is 2.61. The number of amides is 1. The normalized spacial score (nSPS) is 16.6. The van der Waals surface area contributed by atoms with Gasteiger partial charge in [0.05, 0.1) is 11.9 Å². The van der Waals surface area contributed by atoms with Gasteiger partial charge in [-0.3, -0.25) is 9.10 Å². The Kier molecular flexibility index (Phi) is 4.69. The van der Waals surface area contributed by atoms with Gasteiger partial charge in [-0.1, -0.05) is 0 Å². The van der Waals surface area contributed by atoms with Gasteiger partial charge in [0.2, 0.25) is 15.9 Å². The molecule has 1 aliphatic rings. The van der Waals surface area contributed by atoms with E-state index in [0.29, 0.717) is 13.1 Å². The zero-order valence-electron chi connectivity index (χ0n) is 12.4. The zero-order chi connectivity index (χ0) is 16.5. The van der Waals surface area contributed by atoms with E-state index in [4.69, 9.17) is 0 Å². The Morgan fingerprint density at radius 1 is 1.23 bits per heavy atom. The summed E-state index contributed by atoms with van der Waals surface area (Å²) in [6, 6.07) is 1.76. The van der Waals surface area contributed by atoms with Crippen molar-refractivity contribution in [3.8, 4) is 0 Å². The fraction of sp³-hybridized carbons (Fsp3) is 0.500. The average Bonchev–Trinajstić information content (AvgIpc) is 2.94. The molecule has 1 fully saturated rings. The minimum Gasteiger partial charge on any atom is -0.341 e. The maximum atomic E-state index is 13.4.